The molecule has 150 valence electrons. The Bertz CT molecular complexity index is 853. The molecule has 0 saturated carbocycles. The molecule has 0 aliphatic carbocycles. The fraction of sp³-hybridized carbons (Fsp3) is 0.300. The summed E-state index contributed by atoms with van der Waals surface area (Å²) < 4.78 is 21.1. The van der Waals surface area contributed by atoms with Gasteiger partial charge in [0.15, 0.2) is 18.1 Å². The van der Waals surface area contributed by atoms with E-state index in [9.17, 15) is 9.59 Å². The van der Waals surface area contributed by atoms with Gasteiger partial charge in [0.1, 0.15) is 11.5 Å². The van der Waals surface area contributed by atoms with Gasteiger partial charge in [-0.25, -0.2) is 0 Å². The minimum atomic E-state index is -0.605. The molecule has 1 atom stereocenters. The molecule has 8 nitrogen and oxygen atoms in total. The molecular weight excluding hydrogens is 364 g/mol. The Kier molecular flexibility index (Phi) is 7.08. The first-order valence-electron chi connectivity index (χ1n) is 8.51. The van der Waals surface area contributed by atoms with E-state index >= 15 is 0 Å². The minimum Gasteiger partial charge on any atom is -0.497 e. The lowest BCUT2D eigenvalue weighted by molar-refractivity contribution is -0.119. The van der Waals surface area contributed by atoms with Crippen LogP contribution in [0.25, 0.3) is 0 Å². The average molecular weight is 388 g/mol. The number of carbonyl (C=O) groups excluding carboxylic acids is 2. The van der Waals surface area contributed by atoms with Gasteiger partial charge in [0, 0.05) is 17.2 Å². The van der Waals surface area contributed by atoms with Crippen molar-refractivity contribution in [2.45, 2.75) is 13.0 Å². The van der Waals surface area contributed by atoms with E-state index in [1.165, 1.54) is 13.2 Å². The molecule has 28 heavy (non-hydrogen) atoms. The van der Waals surface area contributed by atoms with Gasteiger partial charge in [-0.05, 0) is 37.3 Å². The van der Waals surface area contributed by atoms with Gasteiger partial charge in [0.2, 0.25) is 0 Å². The van der Waals surface area contributed by atoms with Gasteiger partial charge in [0.25, 0.3) is 11.8 Å². The van der Waals surface area contributed by atoms with Crippen LogP contribution in [-0.4, -0.2) is 39.8 Å². The summed E-state index contributed by atoms with van der Waals surface area (Å²) in [5, 5.41) is 2.92. The van der Waals surface area contributed by atoms with Gasteiger partial charge >= 0.3 is 0 Å². The zero-order valence-electron chi connectivity index (χ0n) is 16.3. The number of ether oxygens (including phenoxy) is 4. The topological polar surface area (TPSA) is 109 Å². The highest BCUT2D eigenvalue weighted by Crippen LogP contribution is 2.31. The second-order valence-corrected chi connectivity index (χ2v) is 5.92. The first-order chi connectivity index (χ1) is 13.4. The third-order valence-corrected chi connectivity index (χ3v) is 4.05. The second kappa shape index (κ2) is 9.50. The van der Waals surface area contributed by atoms with Gasteiger partial charge in [-0.3, -0.25) is 9.59 Å². The van der Waals surface area contributed by atoms with Crippen LogP contribution in [-0.2, 0) is 4.79 Å². The van der Waals surface area contributed by atoms with E-state index in [1.54, 1.807) is 38.5 Å². The van der Waals surface area contributed by atoms with Crippen LogP contribution in [0, 0.1) is 0 Å². The fourth-order valence-corrected chi connectivity index (χ4v) is 2.61. The number of hydrogen-bond donors (Lipinski definition) is 2. The van der Waals surface area contributed by atoms with E-state index in [0.717, 1.165) is 5.56 Å². The van der Waals surface area contributed by atoms with E-state index in [1.807, 2.05) is 13.0 Å². The number of methoxy groups -OCH3 is 3. The highest BCUT2D eigenvalue weighted by atomic mass is 16.5. The van der Waals surface area contributed by atoms with Gasteiger partial charge in [-0.1, -0.05) is 0 Å². The van der Waals surface area contributed by atoms with Crippen molar-refractivity contribution in [2.24, 2.45) is 5.73 Å². The lowest BCUT2D eigenvalue weighted by Crippen LogP contribution is -2.27. The molecule has 0 aliphatic rings. The highest BCUT2D eigenvalue weighted by molar-refractivity contribution is 5.95. The van der Waals surface area contributed by atoms with E-state index < -0.39 is 5.91 Å². The Morgan fingerprint density at radius 3 is 2.29 bits per heavy atom. The molecule has 0 saturated heterocycles. The van der Waals surface area contributed by atoms with Gasteiger partial charge in [0.05, 0.1) is 27.4 Å². The summed E-state index contributed by atoms with van der Waals surface area (Å²) in [5.74, 6) is 1.01. The molecule has 1 unspecified atom stereocenters. The van der Waals surface area contributed by atoms with Crippen molar-refractivity contribution in [3.63, 3.8) is 0 Å². The first kappa shape index (κ1) is 20.9. The Balaban J connectivity index is 2.17. The zero-order valence-corrected chi connectivity index (χ0v) is 16.3. The van der Waals surface area contributed by atoms with Gasteiger partial charge in [-0.2, -0.15) is 0 Å². The second-order valence-electron chi connectivity index (χ2n) is 5.92. The van der Waals surface area contributed by atoms with E-state index in [4.69, 9.17) is 24.7 Å². The molecule has 0 aliphatic heterocycles. The van der Waals surface area contributed by atoms with Crippen LogP contribution in [0.15, 0.2) is 36.4 Å². The number of rotatable bonds is 9. The largest absolute Gasteiger partial charge is 0.497 e. The molecule has 0 spiro atoms. The molecule has 0 heterocycles. The molecule has 0 fully saturated rings. The third kappa shape index (κ3) is 5.06. The SMILES string of the molecule is COc1ccc(C(C)NC(=O)c2ccc(OCC(N)=O)c(OC)c2)c(OC)c1. The fourth-order valence-electron chi connectivity index (χ4n) is 2.61. The standard InChI is InChI=1S/C20H24N2O6/c1-12(15-7-6-14(25-2)10-17(15)26-3)22-20(24)13-5-8-16(18(9-13)27-4)28-11-19(21)23/h5-10,12H,11H2,1-4H3,(H2,21,23)(H,22,24). The lowest BCUT2D eigenvalue weighted by atomic mass is 10.1. The van der Waals surface area contributed by atoms with E-state index in [2.05, 4.69) is 5.32 Å². The molecule has 0 radical (unpaired) electrons. The Morgan fingerprint density at radius 2 is 1.68 bits per heavy atom. The molecule has 2 amide bonds. The number of amides is 2. The quantitative estimate of drug-likeness (QED) is 0.681. The van der Waals surface area contributed by atoms with Crippen molar-refractivity contribution in [1.82, 2.24) is 5.32 Å². The number of benzene rings is 2. The average Bonchev–Trinajstić information content (AvgIpc) is 2.71. The maximum atomic E-state index is 12.6. The molecule has 2 aromatic carbocycles. The number of primary amides is 1. The number of nitrogens with one attached hydrogen (secondary N) is 1. The minimum absolute atomic E-state index is 0.282. The van der Waals surface area contributed by atoms with Crippen molar-refractivity contribution >= 4 is 11.8 Å². The lowest BCUT2D eigenvalue weighted by Gasteiger charge is -2.18. The van der Waals surface area contributed by atoms with Crippen LogP contribution < -0.4 is 30.0 Å². The van der Waals surface area contributed by atoms with Crippen molar-refractivity contribution in [1.29, 1.82) is 0 Å². The summed E-state index contributed by atoms with van der Waals surface area (Å²) in [6.45, 7) is 1.57. The molecule has 2 rings (SSSR count). The smallest absolute Gasteiger partial charge is 0.255 e. The maximum Gasteiger partial charge on any atom is 0.255 e. The number of hydrogen-bond acceptors (Lipinski definition) is 6. The van der Waals surface area contributed by atoms with Gasteiger partial charge < -0.3 is 30.0 Å². The van der Waals surface area contributed by atoms with Crippen molar-refractivity contribution in [2.75, 3.05) is 27.9 Å². The van der Waals surface area contributed by atoms with Crippen molar-refractivity contribution in [3.8, 4) is 23.0 Å². The summed E-state index contributed by atoms with van der Waals surface area (Å²) in [7, 11) is 4.57. The molecule has 2 aromatic rings. The van der Waals surface area contributed by atoms with E-state index in [0.29, 0.717) is 28.6 Å². The third-order valence-electron chi connectivity index (χ3n) is 4.05. The van der Waals surface area contributed by atoms with Crippen molar-refractivity contribution in [3.05, 3.63) is 47.5 Å². The summed E-state index contributed by atoms with van der Waals surface area (Å²) in [4.78, 5) is 23.5. The zero-order chi connectivity index (χ0) is 20.7. The molecular formula is C20H24N2O6. The van der Waals surface area contributed by atoms with Crippen molar-refractivity contribution < 1.29 is 28.5 Å². The summed E-state index contributed by atoms with van der Waals surface area (Å²) in [5.41, 5.74) is 6.26. The first-order valence-corrected chi connectivity index (χ1v) is 8.51. The molecule has 8 heteroatoms. The van der Waals surface area contributed by atoms with Crippen LogP contribution in [0.1, 0.15) is 28.9 Å². The monoisotopic (exact) mass is 388 g/mol. The Labute approximate surface area is 163 Å². The molecule has 0 bridgehead atoms. The highest BCUT2D eigenvalue weighted by Gasteiger charge is 2.17. The predicted molar refractivity (Wildman–Crippen MR) is 103 cm³/mol. The molecule has 3 N–H and O–H groups in total. The van der Waals surface area contributed by atoms with Crippen LogP contribution in [0.3, 0.4) is 0 Å². The Morgan fingerprint density at radius 1 is 0.964 bits per heavy atom. The summed E-state index contributed by atoms with van der Waals surface area (Å²) in [6.07, 6.45) is 0. The number of carbonyl (C=O) groups is 2. The van der Waals surface area contributed by atoms with Crippen LogP contribution in [0.2, 0.25) is 0 Å². The van der Waals surface area contributed by atoms with E-state index in [-0.39, 0.29) is 18.6 Å². The normalized spacial score (nSPS) is 11.3. The van der Waals surface area contributed by atoms with Crippen LogP contribution in [0.4, 0.5) is 0 Å². The van der Waals surface area contributed by atoms with Crippen LogP contribution in [0.5, 0.6) is 23.0 Å². The Hall–Kier alpha value is -3.42. The van der Waals surface area contributed by atoms with Crippen LogP contribution >= 0.6 is 0 Å². The summed E-state index contributed by atoms with van der Waals surface area (Å²) in [6, 6.07) is 9.74. The predicted octanol–water partition coefficient (Wildman–Crippen LogP) is 2.07. The maximum absolute atomic E-state index is 12.6. The summed E-state index contributed by atoms with van der Waals surface area (Å²) >= 11 is 0. The van der Waals surface area contributed by atoms with Gasteiger partial charge in [-0.15, -0.1) is 0 Å². The number of nitrogens with two attached hydrogens (primary N) is 1. The molecule has 0 aromatic heterocycles.